The van der Waals surface area contributed by atoms with E-state index in [0.717, 1.165) is 11.5 Å². The summed E-state index contributed by atoms with van der Waals surface area (Å²) in [5, 5.41) is 5.19. The van der Waals surface area contributed by atoms with Gasteiger partial charge in [-0.3, -0.25) is 4.79 Å². The van der Waals surface area contributed by atoms with Gasteiger partial charge in [-0.1, -0.05) is 0 Å². The third-order valence-corrected chi connectivity index (χ3v) is 3.32. The second-order valence-corrected chi connectivity index (χ2v) is 5.14. The molecule has 1 N–H and O–H groups in total. The third kappa shape index (κ3) is 5.43. The lowest BCUT2D eigenvalue weighted by atomic mass is 10.3. The lowest BCUT2D eigenvalue weighted by Gasteiger charge is -2.07. The number of anilines is 1. The summed E-state index contributed by atoms with van der Waals surface area (Å²) in [4.78, 5) is 15.6. The fraction of sp³-hybridized carbons (Fsp3) is 0.333. The minimum atomic E-state index is -0.0414. The lowest BCUT2D eigenvalue weighted by molar-refractivity contribution is -0.116. The van der Waals surface area contributed by atoms with Crippen molar-refractivity contribution in [3.63, 3.8) is 0 Å². The highest BCUT2D eigenvalue weighted by Crippen LogP contribution is 2.17. The summed E-state index contributed by atoms with van der Waals surface area (Å²) < 4.78 is 10.9. The Hall–Kier alpha value is -2.08. The number of aromatic nitrogens is 1. The smallest absolute Gasteiger partial charge is 0.226 e. The highest BCUT2D eigenvalue weighted by molar-refractivity contribution is 7.13. The molecule has 21 heavy (non-hydrogen) atoms. The molecule has 6 heteroatoms. The normalized spacial score (nSPS) is 10.1. The maximum Gasteiger partial charge on any atom is 0.226 e. The molecule has 0 spiro atoms. The summed E-state index contributed by atoms with van der Waals surface area (Å²) in [7, 11) is 0. The molecule has 0 aliphatic heterocycles. The van der Waals surface area contributed by atoms with E-state index in [1.54, 1.807) is 6.20 Å². The molecule has 0 saturated heterocycles. The van der Waals surface area contributed by atoms with Crippen LogP contribution in [0.25, 0.3) is 0 Å². The van der Waals surface area contributed by atoms with Crippen LogP contribution in [-0.2, 0) is 4.79 Å². The SMILES string of the molecule is CCOc1ccc(OCCCC(=O)Nc2nccs2)cc1. The van der Waals surface area contributed by atoms with Gasteiger partial charge in [-0.25, -0.2) is 4.98 Å². The third-order valence-electron chi connectivity index (χ3n) is 2.63. The molecule has 2 aromatic rings. The van der Waals surface area contributed by atoms with Gasteiger partial charge < -0.3 is 14.8 Å². The van der Waals surface area contributed by atoms with Crippen LogP contribution in [0.2, 0.25) is 0 Å². The van der Waals surface area contributed by atoms with E-state index < -0.39 is 0 Å². The van der Waals surface area contributed by atoms with Gasteiger partial charge in [0.05, 0.1) is 13.2 Å². The van der Waals surface area contributed by atoms with Gasteiger partial charge in [0.2, 0.25) is 5.91 Å². The zero-order chi connectivity index (χ0) is 14.9. The van der Waals surface area contributed by atoms with Crippen molar-refractivity contribution >= 4 is 22.4 Å². The van der Waals surface area contributed by atoms with E-state index in [1.165, 1.54) is 11.3 Å². The van der Waals surface area contributed by atoms with Crippen LogP contribution >= 0.6 is 11.3 Å². The Morgan fingerprint density at radius 1 is 1.24 bits per heavy atom. The van der Waals surface area contributed by atoms with Gasteiger partial charge in [-0.2, -0.15) is 0 Å². The van der Waals surface area contributed by atoms with Gasteiger partial charge in [0.1, 0.15) is 11.5 Å². The summed E-state index contributed by atoms with van der Waals surface area (Å²) >= 11 is 1.41. The van der Waals surface area contributed by atoms with Crippen molar-refractivity contribution in [1.82, 2.24) is 4.98 Å². The largest absolute Gasteiger partial charge is 0.494 e. The minimum absolute atomic E-state index is 0.0414. The van der Waals surface area contributed by atoms with Crippen LogP contribution in [-0.4, -0.2) is 24.1 Å². The van der Waals surface area contributed by atoms with Gasteiger partial charge in [-0.05, 0) is 37.6 Å². The predicted octanol–water partition coefficient (Wildman–Crippen LogP) is 3.34. The van der Waals surface area contributed by atoms with E-state index in [0.29, 0.717) is 31.2 Å². The maximum atomic E-state index is 11.6. The maximum absolute atomic E-state index is 11.6. The first-order chi connectivity index (χ1) is 10.3. The number of carbonyl (C=O) groups is 1. The number of benzene rings is 1. The van der Waals surface area contributed by atoms with Crippen LogP contribution in [0, 0.1) is 0 Å². The molecule has 1 aromatic carbocycles. The fourth-order valence-corrected chi connectivity index (χ4v) is 2.23. The van der Waals surface area contributed by atoms with Crippen LogP contribution in [0.15, 0.2) is 35.8 Å². The molecule has 1 aromatic heterocycles. The molecule has 0 bridgehead atoms. The van der Waals surface area contributed by atoms with E-state index in [9.17, 15) is 4.79 Å². The molecule has 0 unspecified atom stereocenters. The van der Waals surface area contributed by atoms with E-state index in [4.69, 9.17) is 9.47 Å². The Morgan fingerprint density at radius 3 is 2.57 bits per heavy atom. The van der Waals surface area contributed by atoms with Gasteiger partial charge in [0.15, 0.2) is 5.13 Å². The van der Waals surface area contributed by atoms with E-state index in [-0.39, 0.29) is 5.91 Å². The second-order valence-electron chi connectivity index (χ2n) is 4.24. The monoisotopic (exact) mass is 306 g/mol. The molecule has 0 aliphatic carbocycles. The molecule has 0 saturated carbocycles. The first-order valence-electron chi connectivity index (χ1n) is 6.83. The molecule has 1 amide bonds. The molecule has 2 rings (SSSR count). The summed E-state index contributed by atoms with van der Waals surface area (Å²) in [6.45, 7) is 3.09. The molecule has 0 radical (unpaired) electrons. The number of ether oxygens (including phenoxy) is 2. The number of rotatable bonds is 8. The fourth-order valence-electron chi connectivity index (χ4n) is 1.69. The molecule has 0 atom stereocenters. The first-order valence-corrected chi connectivity index (χ1v) is 7.71. The highest BCUT2D eigenvalue weighted by atomic mass is 32.1. The zero-order valence-corrected chi connectivity index (χ0v) is 12.7. The molecule has 5 nitrogen and oxygen atoms in total. The van der Waals surface area contributed by atoms with Crippen molar-refractivity contribution in [2.45, 2.75) is 19.8 Å². The minimum Gasteiger partial charge on any atom is -0.494 e. The Kier molecular flexibility index (Phi) is 6.02. The van der Waals surface area contributed by atoms with E-state index >= 15 is 0 Å². The van der Waals surface area contributed by atoms with Crippen LogP contribution in [0.4, 0.5) is 5.13 Å². The number of hydrogen-bond donors (Lipinski definition) is 1. The number of hydrogen-bond acceptors (Lipinski definition) is 5. The van der Waals surface area contributed by atoms with Crippen LogP contribution < -0.4 is 14.8 Å². The molecular formula is C15H18N2O3S. The standard InChI is InChI=1S/C15H18N2O3S/c1-2-19-12-5-7-13(8-6-12)20-10-3-4-14(18)17-15-16-9-11-21-15/h5-9,11H,2-4,10H2,1H3,(H,16,17,18). The van der Waals surface area contributed by atoms with E-state index in [2.05, 4.69) is 10.3 Å². The summed E-state index contributed by atoms with van der Waals surface area (Å²) in [5.41, 5.74) is 0. The topological polar surface area (TPSA) is 60.5 Å². The van der Waals surface area contributed by atoms with Crippen LogP contribution in [0.5, 0.6) is 11.5 Å². The van der Waals surface area contributed by atoms with Crippen molar-refractivity contribution in [3.8, 4) is 11.5 Å². The number of carbonyl (C=O) groups excluding carboxylic acids is 1. The van der Waals surface area contributed by atoms with Crippen molar-refractivity contribution in [2.24, 2.45) is 0 Å². The van der Waals surface area contributed by atoms with Crippen molar-refractivity contribution in [2.75, 3.05) is 18.5 Å². The molecule has 0 aliphatic rings. The van der Waals surface area contributed by atoms with Gasteiger partial charge in [0.25, 0.3) is 0 Å². The van der Waals surface area contributed by atoms with Crippen molar-refractivity contribution in [3.05, 3.63) is 35.8 Å². The number of thiazole rings is 1. The predicted molar refractivity (Wildman–Crippen MR) is 83.1 cm³/mol. The molecular weight excluding hydrogens is 288 g/mol. The lowest BCUT2D eigenvalue weighted by Crippen LogP contribution is -2.12. The second kappa shape index (κ2) is 8.26. The number of amides is 1. The van der Waals surface area contributed by atoms with Gasteiger partial charge >= 0.3 is 0 Å². The van der Waals surface area contributed by atoms with Crippen molar-refractivity contribution < 1.29 is 14.3 Å². The Bertz CT molecular complexity index is 541. The average Bonchev–Trinajstić information content (AvgIpc) is 2.98. The summed E-state index contributed by atoms with van der Waals surface area (Å²) in [5.74, 6) is 1.56. The van der Waals surface area contributed by atoms with Crippen LogP contribution in [0.3, 0.4) is 0 Å². The average molecular weight is 306 g/mol. The summed E-state index contributed by atoms with van der Waals surface area (Å²) in [6.07, 6.45) is 2.73. The number of nitrogens with one attached hydrogen (secondary N) is 1. The van der Waals surface area contributed by atoms with Gasteiger partial charge in [0, 0.05) is 18.0 Å². The molecule has 112 valence electrons. The van der Waals surface area contributed by atoms with Crippen molar-refractivity contribution in [1.29, 1.82) is 0 Å². The van der Waals surface area contributed by atoms with Gasteiger partial charge in [-0.15, -0.1) is 11.3 Å². The van der Waals surface area contributed by atoms with Crippen LogP contribution in [0.1, 0.15) is 19.8 Å². The quantitative estimate of drug-likeness (QED) is 0.760. The summed E-state index contributed by atoms with van der Waals surface area (Å²) in [6, 6.07) is 7.46. The Balaban J connectivity index is 1.63. The molecule has 0 fully saturated rings. The van der Waals surface area contributed by atoms with E-state index in [1.807, 2.05) is 36.6 Å². The highest BCUT2D eigenvalue weighted by Gasteiger charge is 2.04. The Labute approximate surface area is 127 Å². The zero-order valence-electron chi connectivity index (χ0n) is 11.9. The number of nitrogens with zero attached hydrogens (tertiary/aromatic N) is 1. The Morgan fingerprint density at radius 2 is 1.95 bits per heavy atom. The molecule has 1 heterocycles. The first kappa shape index (κ1) is 15.3.